The third-order valence-electron chi connectivity index (χ3n) is 8.75. The highest BCUT2D eigenvalue weighted by atomic mass is 31.2. The lowest BCUT2D eigenvalue weighted by Crippen LogP contribution is -2.34. The van der Waals surface area contributed by atoms with Gasteiger partial charge < -0.3 is 25.2 Å². The molecule has 322 valence electrons. The van der Waals surface area contributed by atoms with Gasteiger partial charge in [-0.2, -0.15) is 0 Å². The minimum atomic E-state index is -4.62. The molecule has 0 aliphatic heterocycles. The van der Waals surface area contributed by atoms with Gasteiger partial charge in [0.25, 0.3) is 0 Å². The van der Waals surface area contributed by atoms with Gasteiger partial charge in [0, 0.05) is 13.0 Å². The largest absolute Gasteiger partial charge is 0.480 e. The van der Waals surface area contributed by atoms with Crippen LogP contribution in [0.5, 0.6) is 0 Å². The van der Waals surface area contributed by atoms with Crippen LogP contribution in [0.25, 0.3) is 0 Å². The number of allylic oxidation sites excluding steroid dienone is 12. The number of hydrogen-bond acceptors (Lipinski definition) is 8. The summed E-state index contributed by atoms with van der Waals surface area (Å²) in [4.78, 5) is 33.5. The number of carbonyl (C=O) groups excluding carboxylic acids is 1. The van der Waals surface area contributed by atoms with Gasteiger partial charge in [0.2, 0.25) is 0 Å². The molecule has 0 bridgehead atoms. The molecular weight excluding hydrogens is 729 g/mol. The Morgan fingerprint density at radius 1 is 0.589 bits per heavy atom. The number of unbranched alkanes of at least 4 members (excludes halogenated alkanes) is 14. The van der Waals surface area contributed by atoms with Gasteiger partial charge in [-0.1, -0.05) is 164 Å². The molecule has 0 aromatic heterocycles. The number of ether oxygens (including phenoxy) is 2. The lowest BCUT2D eigenvalue weighted by molar-refractivity contribution is -0.154. The summed E-state index contributed by atoms with van der Waals surface area (Å²) in [6, 6.07) is -1.48. The molecule has 56 heavy (non-hydrogen) atoms. The molecule has 3 unspecified atom stereocenters. The van der Waals surface area contributed by atoms with Crippen molar-refractivity contribution in [3.63, 3.8) is 0 Å². The molecule has 0 radical (unpaired) electrons. The quantitative estimate of drug-likeness (QED) is 0.0236. The molecule has 0 saturated carbocycles. The Bertz CT molecular complexity index is 1160. The number of carboxylic acids is 1. The number of hydrogen-bond donors (Lipinski definition) is 3. The van der Waals surface area contributed by atoms with Crippen molar-refractivity contribution in [1.82, 2.24) is 0 Å². The van der Waals surface area contributed by atoms with Crippen LogP contribution in [0.2, 0.25) is 0 Å². The van der Waals surface area contributed by atoms with Gasteiger partial charge in [-0.05, 0) is 64.2 Å². The van der Waals surface area contributed by atoms with Crippen molar-refractivity contribution in [3.05, 3.63) is 72.9 Å². The van der Waals surface area contributed by atoms with E-state index in [0.29, 0.717) is 13.0 Å². The molecule has 0 aromatic rings. The molecule has 0 rings (SSSR count). The van der Waals surface area contributed by atoms with Crippen molar-refractivity contribution in [1.29, 1.82) is 0 Å². The minimum Gasteiger partial charge on any atom is -0.480 e. The second-order valence-electron chi connectivity index (χ2n) is 14.1. The van der Waals surface area contributed by atoms with E-state index in [9.17, 15) is 19.0 Å². The maximum atomic E-state index is 12.6. The molecular formula is C45H78NO9P. The fraction of sp³-hybridized carbons (Fsp3) is 0.689. The second-order valence-corrected chi connectivity index (χ2v) is 15.5. The lowest BCUT2D eigenvalue weighted by atomic mass is 10.1. The molecule has 0 aromatic carbocycles. The number of phosphoric ester groups is 1. The van der Waals surface area contributed by atoms with Gasteiger partial charge >= 0.3 is 19.8 Å². The van der Waals surface area contributed by atoms with Gasteiger partial charge in [-0.3, -0.25) is 18.6 Å². The van der Waals surface area contributed by atoms with Gasteiger partial charge in [-0.25, -0.2) is 4.57 Å². The monoisotopic (exact) mass is 808 g/mol. The average Bonchev–Trinajstić information content (AvgIpc) is 3.18. The SMILES string of the molecule is CC/C=C\C/C=C\C/C=C\C/C=C\C/C=C\C/C=C\CCCCCCC(=O)OC(COCCCCCCCCCCCCC)COP(=O)(O)OCC(N)C(=O)O. The van der Waals surface area contributed by atoms with Crippen LogP contribution >= 0.6 is 7.82 Å². The minimum absolute atomic E-state index is 0.00406. The average molecular weight is 808 g/mol. The highest BCUT2D eigenvalue weighted by Crippen LogP contribution is 2.43. The van der Waals surface area contributed by atoms with Crippen molar-refractivity contribution >= 4 is 19.8 Å². The number of esters is 1. The smallest absolute Gasteiger partial charge is 0.472 e. The third-order valence-corrected chi connectivity index (χ3v) is 9.70. The van der Waals surface area contributed by atoms with E-state index in [-0.39, 0.29) is 13.0 Å². The van der Waals surface area contributed by atoms with E-state index < -0.39 is 45.1 Å². The highest BCUT2D eigenvalue weighted by molar-refractivity contribution is 7.47. The maximum absolute atomic E-state index is 12.6. The maximum Gasteiger partial charge on any atom is 0.472 e. The van der Waals surface area contributed by atoms with Crippen LogP contribution in [-0.2, 0) is 32.7 Å². The zero-order valence-electron chi connectivity index (χ0n) is 35.0. The Kier molecular flexibility index (Phi) is 38.7. The van der Waals surface area contributed by atoms with Crippen LogP contribution in [0.3, 0.4) is 0 Å². The van der Waals surface area contributed by atoms with Crippen molar-refractivity contribution < 1.29 is 42.7 Å². The topological polar surface area (TPSA) is 155 Å². The van der Waals surface area contributed by atoms with Crippen molar-refractivity contribution in [2.24, 2.45) is 5.73 Å². The summed E-state index contributed by atoms with van der Waals surface area (Å²) in [5.41, 5.74) is 5.35. The Morgan fingerprint density at radius 2 is 1.04 bits per heavy atom. The summed E-state index contributed by atoms with van der Waals surface area (Å²) in [7, 11) is -4.62. The summed E-state index contributed by atoms with van der Waals surface area (Å²) in [5, 5.41) is 8.88. The molecule has 0 aliphatic rings. The lowest BCUT2D eigenvalue weighted by Gasteiger charge is -2.20. The van der Waals surface area contributed by atoms with E-state index in [4.69, 9.17) is 29.4 Å². The van der Waals surface area contributed by atoms with Gasteiger partial charge in [-0.15, -0.1) is 0 Å². The summed E-state index contributed by atoms with van der Waals surface area (Å²) >= 11 is 0. The van der Waals surface area contributed by atoms with Gasteiger partial charge in [0.05, 0.1) is 19.8 Å². The normalized spacial score (nSPS) is 14.6. The predicted molar refractivity (Wildman–Crippen MR) is 230 cm³/mol. The third kappa shape index (κ3) is 39.6. The van der Waals surface area contributed by atoms with E-state index in [1.165, 1.54) is 51.4 Å². The van der Waals surface area contributed by atoms with Gasteiger partial charge in [0.1, 0.15) is 12.1 Å². The first-order chi connectivity index (χ1) is 27.2. The summed E-state index contributed by atoms with van der Waals surface area (Å²) in [6.07, 6.45) is 49.5. The number of carbonyl (C=O) groups is 2. The van der Waals surface area contributed by atoms with Crippen LogP contribution < -0.4 is 5.73 Å². The zero-order chi connectivity index (χ0) is 41.2. The number of nitrogens with two attached hydrogens (primary N) is 1. The van der Waals surface area contributed by atoms with Crippen LogP contribution in [0.15, 0.2) is 72.9 Å². The number of aliphatic carboxylic acids is 1. The Hall–Kier alpha value is -2.59. The fourth-order valence-corrected chi connectivity index (χ4v) is 6.21. The predicted octanol–water partition coefficient (Wildman–Crippen LogP) is 11.8. The molecule has 10 nitrogen and oxygen atoms in total. The Labute approximate surface area is 340 Å². The van der Waals surface area contributed by atoms with E-state index >= 15 is 0 Å². The van der Waals surface area contributed by atoms with Crippen molar-refractivity contribution in [2.75, 3.05) is 26.4 Å². The first-order valence-electron chi connectivity index (χ1n) is 21.5. The van der Waals surface area contributed by atoms with E-state index in [2.05, 4.69) is 86.8 Å². The van der Waals surface area contributed by atoms with Crippen LogP contribution in [-0.4, -0.2) is 60.5 Å². The van der Waals surface area contributed by atoms with E-state index in [1.807, 2.05) is 0 Å². The Balaban J connectivity index is 4.28. The van der Waals surface area contributed by atoms with E-state index in [0.717, 1.165) is 83.5 Å². The van der Waals surface area contributed by atoms with Crippen molar-refractivity contribution in [3.8, 4) is 0 Å². The molecule has 0 heterocycles. The Morgan fingerprint density at radius 3 is 1.55 bits per heavy atom. The molecule has 4 N–H and O–H groups in total. The molecule has 0 fully saturated rings. The highest BCUT2D eigenvalue weighted by Gasteiger charge is 2.27. The first kappa shape index (κ1) is 53.4. The van der Waals surface area contributed by atoms with Crippen LogP contribution in [0.1, 0.15) is 162 Å². The molecule has 3 atom stereocenters. The summed E-state index contributed by atoms with van der Waals surface area (Å²) < 4.78 is 33.3. The van der Waals surface area contributed by atoms with Crippen molar-refractivity contribution in [2.45, 2.75) is 174 Å². The standard InChI is InChI=1S/C45H78NO9P/c1-3-5-7-9-11-13-15-16-17-18-19-20-21-22-23-24-25-26-27-29-31-33-35-37-44(47)55-42(40-53-56(50,51)54-41-43(46)45(48)49)39-52-38-36-34-32-30-28-14-12-10-8-6-4-2/h5,7,11,13,16-17,19-20,22-23,25-26,42-43H,3-4,6,8-10,12,14-15,18,21,24,27-41,46H2,1-2H3,(H,48,49)(H,50,51)/b7-5-,13-11-,17-16-,20-19-,23-22-,26-25-. The zero-order valence-corrected chi connectivity index (χ0v) is 35.8. The number of phosphoric acid groups is 1. The van der Waals surface area contributed by atoms with E-state index in [1.54, 1.807) is 0 Å². The molecule has 0 spiro atoms. The second kappa shape index (κ2) is 40.6. The first-order valence-corrected chi connectivity index (χ1v) is 23.0. The van der Waals surface area contributed by atoms with Crippen LogP contribution in [0, 0.1) is 0 Å². The molecule has 0 amide bonds. The molecule has 0 saturated heterocycles. The number of rotatable bonds is 40. The van der Waals surface area contributed by atoms with Crippen LogP contribution in [0.4, 0.5) is 0 Å². The summed E-state index contributed by atoms with van der Waals surface area (Å²) in [6.45, 7) is 3.71. The molecule has 0 aliphatic carbocycles. The fourth-order valence-electron chi connectivity index (χ4n) is 5.43. The number of carboxylic acid groups (broad SMARTS) is 1. The van der Waals surface area contributed by atoms with Gasteiger partial charge in [0.15, 0.2) is 0 Å². The summed E-state index contributed by atoms with van der Waals surface area (Å²) in [5.74, 6) is -1.81. The molecule has 11 heteroatoms.